The van der Waals surface area contributed by atoms with Gasteiger partial charge in [0.15, 0.2) is 23.0 Å². The van der Waals surface area contributed by atoms with E-state index in [2.05, 4.69) is 26.3 Å². The highest BCUT2D eigenvalue weighted by atomic mass is 16.6. The normalized spacial score (nSPS) is 10.5. The van der Waals surface area contributed by atoms with E-state index in [1.54, 1.807) is 6.92 Å². The van der Waals surface area contributed by atoms with Crippen LogP contribution in [0.15, 0.2) is 91.1 Å². The average Bonchev–Trinajstić information content (AvgIpc) is 2.90. The Bertz CT molecular complexity index is 1550. The van der Waals surface area contributed by atoms with E-state index in [-0.39, 0.29) is 51.0 Å². The fourth-order valence-corrected chi connectivity index (χ4v) is 2.79. The average molecular weight is 575 g/mol. The van der Waals surface area contributed by atoms with Crippen molar-refractivity contribution in [3.8, 4) is 28.7 Å². The molecule has 0 unspecified atom stereocenters. The zero-order valence-electron chi connectivity index (χ0n) is 24.0. The molecule has 0 bridgehead atoms. The second-order valence-corrected chi connectivity index (χ2v) is 9.20. The summed E-state index contributed by atoms with van der Waals surface area (Å²) in [5.41, 5.74) is 1.25. The van der Waals surface area contributed by atoms with Crippen LogP contribution in [0.25, 0.3) is 5.57 Å². The smallest absolute Gasteiger partial charge is 0.338 e. The predicted molar refractivity (Wildman–Crippen MR) is 154 cm³/mol. The highest BCUT2D eigenvalue weighted by Gasteiger charge is 2.19. The third-order valence-electron chi connectivity index (χ3n) is 5.07. The molecule has 0 aliphatic carbocycles. The van der Waals surface area contributed by atoms with E-state index in [0.29, 0.717) is 11.1 Å². The van der Waals surface area contributed by atoms with Gasteiger partial charge in [-0.25, -0.2) is 24.0 Å². The van der Waals surface area contributed by atoms with Crippen LogP contribution in [0.3, 0.4) is 0 Å². The van der Waals surface area contributed by atoms with Crippen LogP contribution in [-0.2, 0) is 24.0 Å². The van der Waals surface area contributed by atoms with Crippen molar-refractivity contribution in [3.63, 3.8) is 0 Å². The van der Waals surface area contributed by atoms with Crippen LogP contribution in [0.2, 0.25) is 0 Å². The van der Waals surface area contributed by atoms with Crippen LogP contribution in [0.4, 0.5) is 0 Å². The van der Waals surface area contributed by atoms with E-state index in [1.165, 1.54) is 64.1 Å². The molecular formula is C32H30O10. The Morgan fingerprint density at radius 3 is 1.43 bits per heavy atom. The minimum atomic E-state index is -0.856. The molecule has 2 aromatic rings. The third kappa shape index (κ3) is 9.30. The molecule has 0 heterocycles. The number of esters is 5. The summed E-state index contributed by atoms with van der Waals surface area (Å²) in [5.74, 6) is -4.31. The number of carbonyl (C=O) groups is 5. The maximum atomic E-state index is 12.8. The van der Waals surface area contributed by atoms with Gasteiger partial charge in [-0.15, -0.1) is 0 Å². The summed E-state index contributed by atoms with van der Waals surface area (Å²) in [6.45, 7) is 21.5. The molecule has 0 amide bonds. The van der Waals surface area contributed by atoms with Crippen LogP contribution in [-0.4, -0.2) is 29.8 Å². The molecule has 0 aliphatic heterocycles. The van der Waals surface area contributed by atoms with Crippen molar-refractivity contribution in [2.45, 2.75) is 34.6 Å². The quantitative estimate of drug-likeness (QED) is 0.189. The number of rotatable bonds is 11. The summed E-state index contributed by atoms with van der Waals surface area (Å²) in [5, 5.41) is 0. The maximum absolute atomic E-state index is 12.8. The first kappa shape index (κ1) is 32.7. The van der Waals surface area contributed by atoms with E-state index < -0.39 is 29.8 Å². The van der Waals surface area contributed by atoms with E-state index in [0.717, 1.165) is 6.08 Å². The monoisotopic (exact) mass is 574 g/mol. The Kier molecular flexibility index (Phi) is 11.1. The molecular weight excluding hydrogens is 544 g/mol. The first-order valence-electron chi connectivity index (χ1n) is 12.3. The summed E-state index contributed by atoms with van der Waals surface area (Å²) in [6.07, 6.45) is 1.14. The van der Waals surface area contributed by atoms with E-state index >= 15 is 0 Å². The second-order valence-electron chi connectivity index (χ2n) is 9.20. The fourth-order valence-electron chi connectivity index (χ4n) is 2.79. The number of allylic oxidation sites excluding steroid dienone is 1. The number of ether oxygens (including phenoxy) is 5. The highest BCUT2D eigenvalue weighted by Crippen LogP contribution is 2.34. The molecule has 0 N–H and O–H groups in total. The van der Waals surface area contributed by atoms with Crippen molar-refractivity contribution in [1.29, 1.82) is 0 Å². The fraction of sp³-hybridized carbons (Fsp3) is 0.156. The summed E-state index contributed by atoms with van der Waals surface area (Å²) in [7, 11) is 0. The van der Waals surface area contributed by atoms with Crippen LogP contribution in [0, 0.1) is 0 Å². The molecule has 0 saturated carbocycles. The van der Waals surface area contributed by atoms with Gasteiger partial charge in [-0.2, -0.15) is 0 Å². The standard InChI is InChI=1S/C32H30O10/c1-17(2)29(34)38-23-11-13-24(27(16-23)42-32(37)20(7)8)39-28(33)14-21(9)22-10-12-25(40-30(35)18(3)4)26(15-22)41-31(36)19(5)6/h10-16H,1,3,5,7H2,2,4,6,8-9H3. The van der Waals surface area contributed by atoms with Crippen LogP contribution in [0.1, 0.15) is 40.2 Å². The lowest BCUT2D eigenvalue weighted by Crippen LogP contribution is -2.13. The molecule has 0 atom stereocenters. The molecule has 218 valence electrons. The zero-order valence-corrected chi connectivity index (χ0v) is 24.0. The van der Waals surface area contributed by atoms with Crippen molar-refractivity contribution in [2.75, 3.05) is 0 Å². The van der Waals surface area contributed by atoms with Gasteiger partial charge in [0, 0.05) is 34.4 Å². The van der Waals surface area contributed by atoms with Gasteiger partial charge in [0.05, 0.1) is 0 Å². The Balaban J connectivity index is 2.40. The molecule has 0 saturated heterocycles. The number of hydrogen-bond donors (Lipinski definition) is 0. The largest absolute Gasteiger partial charge is 0.423 e. The highest BCUT2D eigenvalue weighted by molar-refractivity contribution is 5.95. The molecule has 0 aromatic heterocycles. The summed E-state index contributed by atoms with van der Waals surface area (Å²) in [4.78, 5) is 61.1. The summed E-state index contributed by atoms with van der Waals surface area (Å²) < 4.78 is 26.4. The van der Waals surface area contributed by atoms with Gasteiger partial charge in [-0.05, 0) is 70.0 Å². The lowest BCUT2D eigenvalue weighted by atomic mass is 10.1. The Labute approximate surface area is 243 Å². The minimum Gasteiger partial charge on any atom is -0.423 e. The molecule has 2 aromatic carbocycles. The lowest BCUT2D eigenvalue weighted by Gasteiger charge is -2.13. The summed E-state index contributed by atoms with van der Waals surface area (Å²) >= 11 is 0. The van der Waals surface area contributed by atoms with Crippen molar-refractivity contribution >= 4 is 35.4 Å². The van der Waals surface area contributed by atoms with Gasteiger partial charge in [0.2, 0.25) is 0 Å². The Hall–Kier alpha value is -5.51. The molecule has 2 rings (SSSR count). The van der Waals surface area contributed by atoms with Crippen LogP contribution < -0.4 is 23.7 Å². The van der Waals surface area contributed by atoms with E-state index in [4.69, 9.17) is 23.7 Å². The topological polar surface area (TPSA) is 132 Å². The van der Waals surface area contributed by atoms with Crippen LogP contribution >= 0.6 is 0 Å². The van der Waals surface area contributed by atoms with Gasteiger partial charge >= 0.3 is 29.8 Å². The molecule has 42 heavy (non-hydrogen) atoms. The van der Waals surface area contributed by atoms with Gasteiger partial charge in [-0.1, -0.05) is 32.4 Å². The molecule has 0 radical (unpaired) electrons. The maximum Gasteiger partial charge on any atom is 0.338 e. The summed E-state index contributed by atoms with van der Waals surface area (Å²) in [6, 6.07) is 8.14. The lowest BCUT2D eigenvalue weighted by molar-refractivity contribution is -0.132. The van der Waals surface area contributed by atoms with Crippen molar-refractivity contribution in [2.24, 2.45) is 0 Å². The Morgan fingerprint density at radius 2 is 0.929 bits per heavy atom. The van der Waals surface area contributed by atoms with Crippen molar-refractivity contribution < 1.29 is 47.7 Å². The molecule has 10 heteroatoms. The van der Waals surface area contributed by atoms with E-state index in [9.17, 15) is 24.0 Å². The zero-order chi connectivity index (χ0) is 31.7. The second kappa shape index (κ2) is 14.2. The van der Waals surface area contributed by atoms with Gasteiger partial charge in [0.1, 0.15) is 5.75 Å². The first-order valence-corrected chi connectivity index (χ1v) is 12.3. The van der Waals surface area contributed by atoms with Gasteiger partial charge in [0.25, 0.3) is 0 Å². The number of benzene rings is 2. The first-order chi connectivity index (χ1) is 19.6. The Morgan fingerprint density at radius 1 is 0.524 bits per heavy atom. The SMILES string of the molecule is C=C(C)C(=O)Oc1ccc(OC(=O)C=C(C)c2ccc(OC(=O)C(=C)C)c(OC(=O)C(=C)C)c2)c(OC(=O)C(=C)C)c1. The molecule has 0 aliphatic rings. The minimum absolute atomic E-state index is 0.0170. The predicted octanol–water partition coefficient (Wildman–Crippen LogP) is 5.62. The molecule has 0 fully saturated rings. The number of hydrogen-bond acceptors (Lipinski definition) is 10. The number of carbonyl (C=O) groups excluding carboxylic acids is 5. The van der Waals surface area contributed by atoms with Gasteiger partial charge in [-0.3, -0.25) is 0 Å². The van der Waals surface area contributed by atoms with Crippen molar-refractivity contribution in [3.05, 3.63) is 96.6 Å². The third-order valence-corrected chi connectivity index (χ3v) is 5.07. The van der Waals surface area contributed by atoms with Crippen molar-refractivity contribution in [1.82, 2.24) is 0 Å². The van der Waals surface area contributed by atoms with E-state index in [1.807, 2.05) is 0 Å². The van der Waals surface area contributed by atoms with Crippen LogP contribution in [0.5, 0.6) is 28.7 Å². The molecule has 10 nitrogen and oxygen atoms in total. The molecule has 0 spiro atoms. The van der Waals surface area contributed by atoms with Gasteiger partial charge < -0.3 is 23.7 Å².